The molecule has 11 nitrogen and oxygen atoms in total. The van der Waals surface area contributed by atoms with E-state index >= 15 is 0 Å². The van der Waals surface area contributed by atoms with E-state index in [4.69, 9.17) is 16.3 Å². The Balaban J connectivity index is 1.17. The summed E-state index contributed by atoms with van der Waals surface area (Å²) in [6.45, 7) is -0.848. The maximum atomic E-state index is 13.5. The van der Waals surface area contributed by atoms with Crippen molar-refractivity contribution in [3.8, 4) is 17.0 Å². The Kier molecular flexibility index (Phi) is 10.3. The second kappa shape index (κ2) is 14.8. The fraction of sp³-hybridized carbons (Fsp3) is 0.485. The summed E-state index contributed by atoms with van der Waals surface area (Å²) in [4.78, 5) is 35.4. The summed E-state index contributed by atoms with van der Waals surface area (Å²) in [5.74, 6) is -0.00689. The zero-order valence-corrected chi connectivity index (χ0v) is 27.1. The molecule has 2 fully saturated rings. The first kappa shape index (κ1) is 32.8. The van der Waals surface area contributed by atoms with Gasteiger partial charge in [-0.25, -0.2) is 9.50 Å². The minimum atomic E-state index is -3.10. The minimum Gasteiger partial charge on any atom is -0.434 e. The van der Waals surface area contributed by atoms with Crippen LogP contribution >= 0.6 is 11.6 Å². The molecule has 0 bridgehead atoms. The number of ether oxygens (including phenoxy) is 1. The van der Waals surface area contributed by atoms with Crippen molar-refractivity contribution < 1.29 is 23.1 Å². The molecule has 1 aromatic carbocycles. The fourth-order valence-corrected chi connectivity index (χ4v) is 6.87. The van der Waals surface area contributed by atoms with Gasteiger partial charge in [0.2, 0.25) is 5.91 Å². The number of anilines is 1. The summed E-state index contributed by atoms with van der Waals surface area (Å²) in [6.07, 6.45) is 15.9. The molecule has 47 heavy (non-hydrogen) atoms. The number of fused-ring (bicyclic) bond motifs is 1. The smallest absolute Gasteiger partial charge is 0.387 e. The minimum absolute atomic E-state index is 0.102. The third kappa shape index (κ3) is 7.90. The predicted molar refractivity (Wildman–Crippen MR) is 174 cm³/mol. The van der Waals surface area contributed by atoms with Gasteiger partial charge in [0, 0.05) is 48.3 Å². The average Bonchev–Trinajstić information content (AvgIpc) is 3.69. The molecule has 0 atom stereocenters. The predicted octanol–water partition coefficient (Wildman–Crippen LogP) is 5.99. The van der Waals surface area contributed by atoms with Crippen LogP contribution in [0.1, 0.15) is 61.7 Å². The van der Waals surface area contributed by atoms with Gasteiger partial charge in [0.15, 0.2) is 5.65 Å². The number of piperidine rings is 1. The molecular formula is C33H39ClF2N8O3. The Morgan fingerprint density at radius 1 is 1.15 bits per heavy atom. The van der Waals surface area contributed by atoms with Crippen molar-refractivity contribution in [3.05, 3.63) is 59.6 Å². The lowest BCUT2D eigenvalue weighted by atomic mass is 9.87. The van der Waals surface area contributed by atoms with Gasteiger partial charge in [-0.15, -0.1) is 0 Å². The van der Waals surface area contributed by atoms with E-state index in [2.05, 4.69) is 32.4 Å². The van der Waals surface area contributed by atoms with Crippen molar-refractivity contribution in [1.29, 1.82) is 0 Å². The lowest BCUT2D eigenvalue weighted by Gasteiger charge is -2.37. The third-order valence-electron chi connectivity index (χ3n) is 9.30. The van der Waals surface area contributed by atoms with Crippen LogP contribution < -0.4 is 10.1 Å². The highest BCUT2D eigenvalue weighted by atomic mass is 35.5. The second-order valence-electron chi connectivity index (χ2n) is 12.4. The Labute approximate surface area is 276 Å². The van der Waals surface area contributed by atoms with E-state index in [1.54, 1.807) is 18.5 Å². The summed E-state index contributed by atoms with van der Waals surface area (Å²) < 4.78 is 34.3. The monoisotopic (exact) mass is 668 g/mol. The third-order valence-corrected chi connectivity index (χ3v) is 9.53. The molecule has 0 radical (unpaired) electrons. The number of alkyl halides is 2. The number of hydrogen-bond donors (Lipinski definition) is 1. The van der Waals surface area contributed by atoms with Crippen molar-refractivity contribution in [2.24, 2.45) is 5.92 Å². The number of carbonyl (C=O) groups excluding carboxylic acids is 2. The number of rotatable bonds is 11. The number of hydrogen-bond acceptors (Lipinski definition) is 7. The number of benzene rings is 1. The highest BCUT2D eigenvalue weighted by Crippen LogP contribution is 2.37. The molecule has 1 saturated heterocycles. The molecule has 1 aliphatic heterocycles. The first-order valence-corrected chi connectivity index (χ1v) is 16.5. The number of carbonyl (C=O) groups is 2. The Morgan fingerprint density at radius 3 is 2.70 bits per heavy atom. The topological polar surface area (TPSA) is 110 Å². The fourth-order valence-electron chi connectivity index (χ4n) is 6.70. The largest absolute Gasteiger partial charge is 0.434 e. The molecular weight excluding hydrogens is 630 g/mol. The van der Waals surface area contributed by atoms with Crippen LogP contribution in [0.25, 0.3) is 16.9 Å². The highest BCUT2D eigenvalue weighted by Gasteiger charge is 2.27. The number of nitrogens with zero attached hydrogens (tertiary/aromatic N) is 7. The molecule has 0 unspecified atom stereocenters. The van der Waals surface area contributed by atoms with Crippen LogP contribution in [0.4, 0.5) is 14.5 Å². The van der Waals surface area contributed by atoms with Crippen LogP contribution in [0.15, 0.2) is 49.1 Å². The van der Waals surface area contributed by atoms with Gasteiger partial charge in [-0.3, -0.25) is 14.3 Å². The maximum Gasteiger partial charge on any atom is 0.387 e. The zero-order chi connectivity index (χ0) is 32.9. The van der Waals surface area contributed by atoms with E-state index in [1.165, 1.54) is 78.3 Å². The van der Waals surface area contributed by atoms with Crippen molar-refractivity contribution >= 4 is 34.7 Å². The summed E-state index contributed by atoms with van der Waals surface area (Å²) in [5, 5.41) is 11.8. The van der Waals surface area contributed by atoms with Crippen LogP contribution in [-0.2, 0) is 11.3 Å². The van der Waals surface area contributed by atoms with Crippen molar-refractivity contribution in [2.45, 2.75) is 70.6 Å². The molecule has 1 N–H and O–H groups in total. The molecule has 250 valence electrons. The normalized spacial score (nSPS) is 16.3. The number of nitrogens with one attached hydrogen (secondary N) is 1. The molecule has 1 saturated carbocycles. The molecule has 2 amide bonds. The van der Waals surface area contributed by atoms with E-state index in [0.29, 0.717) is 24.8 Å². The molecule has 14 heteroatoms. The maximum absolute atomic E-state index is 13.5. The summed E-state index contributed by atoms with van der Waals surface area (Å²) in [6, 6.07) is 6.28. The highest BCUT2D eigenvalue weighted by molar-refractivity contribution is 6.31. The lowest BCUT2D eigenvalue weighted by molar-refractivity contribution is -0.133. The average molecular weight is 669 g/mol. The van der Waals surface area contributed by atoms with Gasteiger partial charge in [-0.2, -0.15) is 19.0 Å². The number of amides is 2. The van der Waals surface area contributed by atoms with Gasteiger partial charge in [-0.1, -0.05) is 43.7 Å². The first-order chi connectivity index (χ1) is 22.7. The Hall–Kier alpha value is -4.10. The van der Waals surface area contributed by atoms with Crippen molar-refractivity contribution in [3.63, 3.8) is 0 Å². The van der Waals surface area contributed by atoms with Gasteiger partial charge in [-0.05, 0) is 63.0 Å². The summed E-state index contributed by atoms with van der Waals surface area (Å²) in [5.41, 5.74) is 0.961. The van der Waals surface area contributed by atoms with Crippen LogP contribution in [-0.4, -0.2) is 85.3 Å². The molecule has 4 heterocycles. The summed E-state index contributed by atoms with van der Waals surface area (Å²) in [7, 11) is 2.19. The standard InChI is InChI=1S/C33H39ClF2N8O3/c1-41(15-10-22-6-3-2-4-7-22)24-11-16-42(17-12-24)29(45)21-43-20-27(39-32(46)26-19-38-44-14-5-13-37-31(26)44)30(40-43)25-18-23(34)8-9-28(25)47-33(35)36/h5,8-9,13-14,18-20,22,24,33H,2-4,6-7,10-12,15-17,21H2,1H3,(H,39,46). The molecule has 3 aromatic heterocycles. The molecule has 1 aliphatic carbocycles. The number of likely N-dealkylation sites (tertiary alicyclic amines) is 1. The summed E-state index contributed by atoms with van der Waals surface area (Å²) >= 11 is 6.25. The molecule has 4 aromatic rings. The van der Waals surface area contributed by atoms with Crippen LogP contribution in [0.5, 0.6) is 5.75 Å². The van der Waals surface area contributed by atoms with E-state index in [0.717, 1.165) is 25.3 Å². The van der Waals surface area contributed by atoms with Crippen LogP contribution in [0, 0.1) is 5.92 Å². The van der Waals surface area contributed by atoms with E-state index in [-0.39, 0.29) is 45.7 Å². The van der Waals surface area contributed by atoms with E-state index in [1.807, 2.05) is 4.90 Å². The second-order valence-corrected chi connectivity index (χ2v) is 12.8. The van der Waals surface area contributed by atoms with E-state index < -0.39 is 12.5 Å². The zero-order valence-electron chi connectivity index (χ0n) is 26.3. The van der Waals surface area contributed by atoms with Gasteiger partial charge in [0.1, 0.15) is 23.6 Å². The number of aromatic nitrogens is 5. The lowest BCUT2D eigenvalue weighted by Crippen LogP contribution is -2.46. The van der Waals surface area contributed by atoms with Crippen molar-refractivity contribution in [2.75, 3.05) is 32.0 Å². The Morgan fingerprint density at radius 2 is 1.94 bits per heavy atom. The quantitative estimate of drug-likeness (QED) is 0.209. The molecule has 6 rings (SSSR count). The number of halogens is 3. The first-order valence-electron chi connectivity index (χ1n) is 16.1. The Bertz CT molecular complexity index is 1700. The van der Waals surface area contributed by atoms with E-state index in [9.17, 15) is 18.4 Å². The van der Waals surface area contributed by atoms with Crippen LogP contribution in [0.2, 0.25) is 5.02 Å². The van der Waals surface area contributed by atoms with Gasteiger partial charge >= 0.3 is 6.61 Å². The van der Waals surface area contributed by atoms with Crippen molar-refractivity contribution in [1.82, 2.24) is 34.2 Å². The van der Waals surface area contributed by atoms with Crippen LogP contribution in [0.3, 0.4) is 0 Å². The van der Waals surface area contributed by atoms with Gasteiger partial charge < -0.3 is 19.9 Å². The van der Waals surface area contributed by atoms with Gasteiger partial charge in [0.05, 0.1) is 11.9 Å². The SMILES string of the molecule is CN(CCC1CCCCC1)C1CCN(C(=O)Cn2cc(NC(=O)c3cnn4cccnc34)c(-c3cc(Cl)ccc3OC(F)F)n2)CC1. The molecule has 0 spiro atoms. The van der Waals surface area contributed by atoms with Gasteiger partial charge in [0.25, 0.3) is 5.91 Å². The molecule has 2 aliphatic rings.